The van der Waals surface area contributed by atoms with Gasteiger partial charge in [0.25, 0.3) is 6.48 Å². The Balaban J connectivity index is 2.38. The summed E-state index contributed by atoms with van der Waals surface area (Å²) in [4.78, 5) is 0. The van der Waals surface area contributed by atoms with E-state index in [2.05, 4.69) is 0 Å². The molecule has 0 fully saturated rings. The largest absolute Gasteiger partial charge is 0.465 e. The Kier molecular flexibility index (Phi) is 6.62. The maximum atomic E-state index is 5.56. The predicted molar refractivity (Wildman–Crippen MR) is 64.7 cm³/mol. The number of hydrogen-bond donors (Lipinski definition) is 0. The third-order valence-electron chi connectivity index (χ3n) is 1.95. The van der Waals surface area contributed by atoms with Crippen LogP contribution in [0.25, 0.3) is 0 Å². The Morgan fingerprint density at radius 1 is 1.00 bits per heavy atom. The van der Waals surface area contributed by atoms with Crippen LogP contribution in [0.3, 0.4) is 0 Å². The Morgan fingerprint density at radius 2 is 1.59 bits per heavy atom. The quantitative estimate of drug-likeness (QED) is 0.655. The first-order valence-electron chi connectivity index (χ1n) is 5.86. The molecule has 0 aliphatic carbocycles. The minimum Gasteiger partial charge on any atom is -0.465 e. The average molecular weight is 240 g/mol. The molecule has 1 aromatic rings. The van der Waals surface area contributed by atoms with Gasteiger partial charge in [0.1, 0.15) is 5.75 Å². The van der Waals surface area contributed by atoms with E-state index in [4.69, 9.17) is 18.9 Å². The first kappa shape index (κ1) is 14.0. The number of hydrogen-bond acceptors (Lipinski definition) is 4. The fourth-order valence-electron chi connectivity index (χ4n) is 1.27. The molecule has 1 aromatic carbocycles. The zero-order valence-corrected chi connectivity index (χ0v) is 10.6. The van der Waals surface area contributed by atoms with E-state index in [1.54, 1.807) is 6.92 Å². The highest BCUT2D eigenvalue weighted by Gasteiger charge is 2.14. The molecule has 1 unspecified atom stereocenters. The Morgan fingerprint density at radius 3 is 2.12 bits per heavy atom. The summed E-state index contributed by atoms with van der Waals surface area (Å²) in [5.41, 5.74) is 0. The summed E-state index contributed by atoms with van der Waals surface area (Å²) in [6.07, 6.45) is -0.430. The van der Waals surface area contributed by atoms with E-state index >= 15 is 0 Å². The first-order chi connectivity index (χ1) is 8.26. The lowest BCUT2D eigenvalue weighted by Gasteiger charge is -2.22. The second kappa shape index (κ2) is 8.06. The number of ether oxygens (including phenoxy) is 4. The molecule has 0 saturated heterocycles. The number of benzene rings is 1. The van der Waals surface area contributed by atoms with Gasteiger partial charge in [-0.3, -0.25) is 4.74 Å². The van der Waals surface area contributed by atoms with E-state index in [0.29, 0.717) is 13.2 Å². The Bertz CT molecular complexity index is 283. The van der Waals surface area contributed by atoms with Gasteiger partial charge in [-0.25, -0.2) is 0 Å². The van der Waals surface area contributed by atoms with Crippen LogP contribution in [0.15, 0.2) is 30.3 Å². The molecule has 0 bridgehead atoms. The molecule has 0 aliphatic heterocycles. The monoisotopic (exact) mass is 240 g/mol. The molecular weight excluding hydrogens is 220 g/mol. The normalized spacial score (nSPS) is 12.7. The summed E-state index contributed by atoms with van der Waals surface area (Å²) in [7, 11) is 0. The zero-order chi connectivity index (χ0) is 12.5. The van der Waals surface area contributed by atoms with Crippen LogP contribution in [0.5, 0.6) is 5.75 Å². The van der Waals surface area contributed by atoms with Crippen LogP contribution in [-0.2, 0) is 14.2 Å². The van der Waals surface area contributed by atoms with Gasteiger partial charge >= 0.3 is 0 Å². The van der Waals surface area contributed by atoms with Crippen molar-refractivity contribution in [2.24, 2.45) is 0 Å². The second-order valence-corrected chi connectivity index (χ2v) is 3.33. The topological polar surface area (TPSA) is 36.9 Å². The van der Waals surface area contributed by atoms with E-state index in [0.717, 1.165) is 5.75 Å². The SMILES string of the molecule is CCOC(OCC)OC(C)Oc1ccccc1. The molecule has 4 heteroatoms. The molecular formula is C13H20O4. The van der Waals surface area contributed by atoms with Crippen molar-refractivity contribution in [2.75, 3.05) is 13.2 Å². The van der Waals surface area contributed by atoms with Crippen LogP contribution in [0.2, 0.25) is 0 Å². The van der Waals surface area contributed by atoms with Gasteiger partial charge in [-0.15, -0.1) is 0 Å². The van der Waals surface area contributed by atoms with Gasteiger partial charge in [0, 0.05) is 13.2 Å². The average Bonchev–Trinajstić information content (AvgIpc) is 2.30. The minimum absolute atomic E-state index is 0.430. The maximum absolute atomic E-state index is 5.56. The molecule has 0 amide bonds. The highest BCUT2D eigenvalue weighted by Crippen LogP contribution is 2.12. The van der Waals surface area contributed by atoms with E-state index in [9.17, 15) is 0 Å². The molecule has 0 radical (unpaired) electrons. The maximum Gasteiger partial charge on any atom is 0.274 e. The molecule has 0 N–H and O–H groups in total. The van der Waals surface area contributed by atoms with E-state index in [1.165, 1.54) is 0 Å². The third-order valence-corrected chi connectivity index (χ3v) is 1.95. The van der Waals surface area contributed by atoms with Crippen LogP contribution in [-0.4, -0.2) is 26.0 Å². The third kappa shape index (κ3) is 5.68. The molecule has 17 heavy (non-hydrogen) atoms. The lowest BCUT2D eigenvalue weighted by Crippen LogP contribution is -2.29. The predicted octanol–water partition coefficient (Wildman–Crippen LogP) is 2.78. The van der Waals surface area contributed by atoms with E-state index in [-0.39, 0.29) is 0 Å². The molecule has 96 valence electrons. The van der Waals surface area contributed by atoms with Crippen molar-refractivity contribution in [1.29, 1.82) is 0 Å². The molecule has 0 heterocycles. The van der Waals surface area contributed by atoms with Gasteiger partial charge in [0.05, 0.1) is 0 Å². The van der Waals surface area contributed by atoms with Crippen LogP contribution in [0, 0.1) is 0 Å². The van der Waals surface area contributed by atoms with Crippen molar-refractivity contribution >= 4 is 0 Å². The van der Waals surface area contributed by atoms with Crippen LogP contribution >= 0.6 is 0 Å². The standard InChI is InChI=1S/C13H20O4/c1-4-14-13(15-5-2)17-11(3)16-12-9-7-6-8-10-12/h6-11,13H,4-5H2,1-3H3. The lowest BCUT2D eigenvalue weighted by molar-refractivity contribution is -0.322. The van der Waals surface area contributed by atoms with Crippen molar-refractivity contribution in [3.05, 3.63) is 30.3 Å². The summed E-state index contributed by atoms with van der Waals surface area (Å²) in [6.45, 7) is 5.96. The molecule has 0 aliphatic rings. The van der Waals surface area contributed by atoms with E-state index < -0.39 is 12.8 Å². The highest BCUT2D eigenvalue weighted by atomic mass is 16.9. The van der Waals surface area contributed by atoms with Gasteiger partial charge in [-0.2, -0.15) is 0 Å². The van der Waals surface area contributed by atoms with E-state index in [1.807, 2.05) is 44.2 Å². The summed E-state index contributed by atoms with van der Waals surface area (Å²) in [6, 6.07) is 9.49. The van der Waals surface area contributed by atoms with Crippen LogP contribution < -0.4 is 4.74 Å². The fourth-order valence-corrected chi connectivity index (χ4v) is 1.27. The van der Waals surface area contributed by atoms with Crippen LogP contribution in [0.1, 0.15) is 20.8 Å². The molecule has 0 spiro atoms. The summed E-state index contributed by atoms with van der Waals surface area (Å²) in [5, 5.41) is 0. The van der Waals surface area contributed by atoms with Crippen molar-refractivity contribution in [2.45, 2.75) is 33.5 Å². The van der Waals surface area contributed by atoms with Gasteiger partial charge < -0.3 is 14.2 Å². The van der Waals surface area contributed by atoms with Gasteiger partial charge in [0.2, 0.25) is 6.29 Å². The van der Waals surface area contributed by atoms with Gasteiger partial charge in [-0.1, -0.05) is 18.2 Å². The molecule has 0 saturated carbocycles. The molecule has 0 aromatic heterocycles. The summed E-state index contributed by atoms with van der Waals surface area (Å²) < 4.78 is 21.6. The highest BCUT2D eigenvalue weighted by molar-refractivity contribution is 5.20. The van der Waals surface area contributed by atoms with Crippen LogP contribution in [0.4, 0.5) is 0 Å². The zero-order valence-electron chi connectivity index (χ0n) is 10.6. The Labute approximate surface area is 102 Å². The first-order valence-corrected chi connectivity index (χ1v) is 5.86. The van der Waals surface area contributed by atoms with Crippen molar-refractivity contribution in [3.63, 3.8) is 0 Å². The summed E-state index contributed by atoms with van der Waals surface area (Å²) in [5.74, 6) is 0.756. The van der Waals surface area contributed by atoms with Crippen molar-refractivity contribution in [3.8, 4) is 5.75 Å². The molecule has 1 rings (SSSR count). The molecule has 4 nitrogen and oxygen atoms in total. The fraction of sp³-hybridized carbons (Fsp3) is 0.538. The summed E-state index contributed by atoms with van der Waals surface area (Å²) >= 11 is 0. The Hall–Kier alpha value is -1.10. The van der Waals surface area contributed by atoms with Gasteiger partial charge in [-0.05, 0) is 32.9 Å². The van der Waals surface area contributed by atoms with Crippen molar-refractivity contribution in [1.82, 2.24) is 0 Å². The van der Waals surface area contributed by atoms with Gasteiger partial charge in [0.15, 0.2) is 0 Å². The molecule has 1 atom stereocenters. The lowest BCUT2D eigenvalue weighted by atomic mass is 10.3. The number of rotatable bonds is 8. The smallest absolute Gasteiger partial charge is 0.274 e. The minimum atomic E-state index is -0.677. The van der Waals surface area contributed by atoms with Crippen molar-refractivity contribution < 1.29 is 18.9 Å². The number of para-hydroxylation sites is 1. The second-order valence-electron chi connectivity index (χ2n) is 3.33.